The fraction of sp³-hybridized carbons (Fsp3) is 0.412. The van der Waals surface area contributed by atoms with E-state index in [-0.39, 0.29) is 18.4 Å². The molecule has 1 saturated heterocycles. The number of nitrogens with zero attached hydrogens (tertiary/aromatic N) is 1. The van der Waals surface area contributed by atoms with Crippen molar-refractivity contribution in [2.24, 2.45) is 5.92 Å². The van der Waals surface area contributed by atoms with Crippen LogP contribution in [0, 0.1) is 5.92 Å². The maximum atomic E-state index is 12.3. The first-order chi connectivity index (χ1) is 10.8. The fourth-order valence-corrected chi connectivity index (χ4v) is 2.85. The molecule has 2 heterocycles. The zero-order chi connectivity index (χ0) is 15.4. The maximum Gasteiger partial charge on any atom is 0.270 e. The molecule has 0 bridgehead atoms. The van der Waals surface area contributed by atoms with Gasteiger partial charge in [-0.05, 0) is 30.2 Å². The van der Waals surface area contributed by atoms with Gasteiger partial charge in [-0.3, -0.25) is 9.78 Å². The Bertz CT molecular complexity index is 648. The van der Waals surface area contributed by atoms with E-state index in [0.717, 1.165) is 23.6 Å². The van der Waals surface area contributed by atoms with Gasteiger partial charge in [-0.2, -0.15) is 0 Å². The van der Waals surface area contributed by atoms with Crippen molar-refractivity contribution in [3.8, 4) is 0 Å². The molecular weight excluding hydrogens is 280 g/mol. The first kappa shape index (κ1) is 14.9. The quantitative estimate of drug-likeness (QED) is 0.902. The third-order valence-electron chi connectivity index (χ3n) is 4.17. The summed E-state index contributed by atoms with van der Waals surface area (Å²) in [5.74, 6) is -0.0579. The zero-order valence-electron chi connectivity index (χ0n) is 12.4. The van der Waals surface area contributed by atoms with Gasteiger partial charge in [0.05, 0.1) is 6.10 Å². The van der Waals surface area contributed by atoms with Crippen LogP contribution in [0.4, 0.5) is 0 Å². The van der Waals surface area contributed by atoms with Gasteiger partial charge in [-0.25, -0.2) is 0 Å². The molecule has 1 atom stereocenters. The van der Waals surface area contributed by atoms with Crippen LogP contribution in [0.25, 0.3) is 10.8 Å². The second kappa shape index (κ2) is 6.85. The lowest BCUT2D eigenvalue weighted by atomic mass is 9.94. The number of carbonyl (C=O) groups excluding carboxylic acids is 1. The molecule has 0 aliphatic carbocycles. The van der Waals surface area contributed by atoms with Crippen LogP contribution >= 0.6 is 0 Å². The van der Waals surface area contributed by atoms with Crippen LogP contribution in [0.3, 0.4) is 0 Å². The normalized spacial score (nSPS) is 17.3. The number of nitrogens with one attached hydrogen (secondary N) is 1. The van der Waals surface area contributed by atoms with Crippen LogP contribution in [-0.4, -0.2) is 41.9 Å². The number of hydrogen-bond donors (Lipinski definition) is 2. The predicted molar refractivity (Wildman–Crippen MR) is 83.6 cm³/mol. The smallest absolute Gasteiger partial charge is 0.270 e. The summed E-state index contributed by atoms with van der Waals surface area (Å²) in [4.78, 5) is 16.5. The van der Waals surface area contributed by atoms with Crippen LogP contribution in [0.1, 0.15) is 23.3 Å². The highest BCUT2D eigenvalue weighted by Crippen LogP contribution is 2.19. The van der Waals surface area contributed by atoms with Gasteiger partial charge in [0.1, 0.15) is 5.69 Å². The SMILES string of the molecule is O=C(NC[C@H](O)C1CCOCC1)c1nccc2ccccc12. The minimum absolute atomic E-state index is 0.189. The van der Waals surface area contributed by atoms with Crippen LogP contribution in [0.15, 0.2) is 36.5 Å². The highest BCUT2D eigenvalue weighted by Gasteiger charge is 2.23. The number of pyridine rings is 1. The van der Waals surface area contributed by atoms with E-state index >= 15 is 0 Å². The van der Waals surface area contributed by atoms with Gasteiger partial charge in [-0.1, -0.05) is 24.3 Å². The molecule has 1 fully saturated rings. The van der Waals surface area contributed by atoms with E-state index in [9.17, 15) is 9.90 Å². The molecule has 2 aromatic rings. The average Bonchev–Trinajstić information content (AvgIpc) is 2.59. The van der Waals surface area contributed by atoms with E-state index in [1.54, 1.807) is 6.20 Å². The van der Waals surface area contributed by atoms with Gasteiger partial charge in [0.15, 0.2) is 0 Å². The summed E-state index contributed by atoms with van der Waals surface area (Å²) in [6, 6.07) is 9.52. The summed E-state index contributed by atoms with van der Waals surface area (Å²) in [6.07, 6.45) is 2.77. The minimum Gasteiger partial charge on any atom is -0.391 e. The van der Waals surface area contributed by atoms with E-state index in [0.29, 0.717) is 18.9 Å². The number of carbonyl (C=O) groups is 1. The number of rotatable bonds is 4. The van der Waals surface area contributed by atoms with Crippen molar-refractivity contribution in [1.29, 1.82) is 0 Å². The van der Waals surface area contributed by atoms with Crippen molar-refractivity contribution < 1.29 is 14.6 Å². The van der Waals surface area contributed by atoms with Crippen molar-refractivity contribution in [1.82, 2.24) is 10.3 Å². The molecule has 1 amide bonds. The van der Waals surface area contributed by atoms with Crippen LogP contribution < -0.4 is 5.32 Å². The monoisotopic (exact) mass is 300 g/mol. The molecule has 5 nitrogen and oxygen atoms in total. The van der Waals surface area contributed by atoms with Gasteiger partial charge < -0.3 is 15.2 Å². The molecule has 0 spiro atoms. The average molecular weight is 300 g/mol. The minimum atomic E-state index is -0.539. The van der Waals surface area contributed by atoms with Crippen molar-refractivity contribution in [2.75, 3.05) is 19.8 Å². The number of amides is 1. The first-order valence-electron chi connectivity index (χ1n) is 7.63. The molecule has 116 valence electrons. The Balaban J connectivity index is 1.66. The van der Waals surface area contributed by atoms with Crippen LogP contribution in [-0.2, 0) is 4.74 Å². The summed E-state index contributed by atoms with van der Waals surface area (Å²) < 4.78 is 5.28. The summed E-state index contributed by atoms with van der Waals surface area (Å²) in [7, 11) is 0. The Morgan fingerprint density at radius 1 is 1.32 bits per heavy atom. The molecule has 2 N–H and O–H groups in total. The van der Waals surface area contributed by atoms with E-state index in [4.69, 9.17) is 4.74 Å². The van der Waals surface area contributed by atoms with Crippen LogP contribution in [0.5, 0.6) is 0 Å². The summed E-state index contributed by atoms with van der Waals surface area (Å²) in [6.45, 7) is 1.61. The number of fused-ring (bicyclic) bond motifs is 1. The van der Waals surface area contributed by atoms with E-state index in [2.05, 4.69) is 10.3 Å². The van der Waals surface area contributed by atoms with Crippen LogP contribution in [0.2, 0.25) is 0 Å². The Morgan fingerprint density at radius 2 is 2.09 bits per heavy atom. The van der Waals surface area contributed by atoms with E-state index in [1.165, 1.54) is 0 Å². The topological polar surface area (TPSA) is 71.5 Å². The molecule has 0 saturated carbocycles. The molecule has 1 aliphatic heterocycles. The van der Waals surface area contributed by atoms with Gasteiger partial charge in [0.2, 0.25) is 0 Å². The zero-order valence-corrected chi connectivity index (χ0v) is 12.4. The molecule has 22 heavy (non-hydrogen) atoms. The molecule has 5 heteroatoms. The van der Waals surface area contributed by atoms with E-state index < -0.39 is 6.10 Å². The Hall–Kier alpha value is -1.98. The van der Waals surface area contributed by atoms with Crippen molar-refractivity contribution in [2.45, 2.75) is 18.9 Å². The summed E-state index contributed by atoms with van der Waals surface area (Å²) in [5, 5.41) is 14.8. The summed E-state index contributed by atoms with van der Waals surface area (Å²) >= 11 is 0. The molecule has 1 aliphatic rings. The first-order valence-corrected chi connectivity index (χ1v) is 7.63. The summed E-state index contributed by atoms with van der Waals surface area (Å²) in [5.41, 5.74) is 0.400. The van der Waals surface area contributed by atoms with Gasteiger partial charge >= 0.3 is 0 Å². The molecular formula is C17H20N2O3. The molecule has 1 aromatic carbocycles. The number of aliphatic hydroxyl groups is 1. The Morgan fingerprint density at radius 3 is 2.91 bits per heavy atom. The van der Waals surface area contributed by atoms with E-state index in [1.807, 2.05) is 30.3 Å². The largest absolute Gasteiger partial charge is 0.391 e. The third-order valence-corrected chi connectivity index (χ3v) is 4.17. The molecule has 3 rings (SSSR count). The lowest BCUT2D eigenvalue weighted by Crippen LogP contribution is -2.38. The number of benzene rings is 1. The standard InChI is InChI=1S/C17H20N2O3/c20-15(13-6-9-22-10-7-13)11-19-17(21)16-14-4-2-1-3-12(14)5-8-18-16/h1-5,8,13,15,20H,6-7,9-11H2,(H,19,21)/t15-/m0/s1. The second-order valence-electron chi connectivity index (χ2n) is 5.61. The van der Waals surface area contributed by atoms with Gasteiger partial charge in [-0.15, -0.1) is 0 Å². The van der Waals surface area contributed by atoms with Crippen molar-refractivity contribution in [3.05, 3.63) is 42.2 Å². The second-order valence-corrected chi connectivity index (χ2v) is 5.61. The highest BCUT2D eigenvalue weighted by molar-refractivity contribution is 6.05. The predicted octanol–water partition coefficient (Wildman–Crippen LogP) is 1.75. The lowest BCUT2D eigenvalue weighted by molar-refractivity contribution is 0.00872. The fourth-order valence-electron chi connectivity index (χ4n) is 2.85. The van der Waals surface area contributed by atoms with Gasteiger partial charge in [0, 0.05) is 31.3 Å². The number of hydrogen-bond acceptors (Lipinski definition) is 4. The third kappa shape index (κ3) is 3.26. The Labute approximate surface area is 129 Å². The maximum absolute atomic E-state index is 12.3. The molecule has 1 aromatic heterocycles. The van der Waals surface area contributed by atoms with Gasteiger partial charge in [0.25, 0.3) is 5.91 Å². The Kier molecular flexibility index (Phi) is 4.65. The van der Waals surface area contributed by atoms with Crippen molar-refractivity contribution >= 4 is 16.7 Å². The van der Waals surface area contributed by atoms with Crippen molar-refractivity contribution in [3.63, 3.8) is 0 Å². The number of aromatic nitrogens is 1. The molecule has 0 radical (unpaired) electrons. The molecule has 0 unspecified atom stereocenters. The number of ether oxygens (including phenoxy) is 1. The highest BCUT2D eigenvalue weighted by atomic mass is 16.5. The lowest BCUT2D eigenvalue weighted by Gasteiger charge is -2.26. The number of aliphatic hydroxyl groups excluding tert-OH is 1.